The molecule has 0 amide bonds. The Balaban J connectivity index is 2.17. The van der Waals surface area contributed by atoms with Crippen LogP contribution in [0.1, 0.15) is 39.5 Å². The van der Waals surface area contributed by atoms with Crippen LogP contribution in [0.2, 0.25) is 0 Å². The minimum Gasteiger partial charge on any atom is -0.494 e. The summed E-state index contributed by atoms with van der Waals surface area (Å²) in [6.45, 7) is 4.15. The van der Waals surface area contributed by atoms with Crippen molar-refractivity contribution in [3.8, 4) is 5.75 Å². The number of para-hydroxylation sites is 1. The van der Waals surface area contributed by atoms with Gasteiger partial charge in [-0.3, -0.25) is 9.59 Å². The van der Waals surface area contributed by atoms with Gasteiger partial charge >= 0.3 is 5.97 Å². The zero-order chi connectivity index (χ0) is 15.5. The molecule has 0 spiro atoms. The second kappa shape index (κ2) is 9.97. The molecule has 21 heavy (non-hydrogen) atoms. The molecular weight excluding hydrogens is 268 g/mol. The van der Waals surface area contributed by atoms with Crippen LogP contribution in [0.3, 0.4) is 0 Å². The second-order valence-electron chi connectivity index (χ2n) is 4.93. The fraction of sp³-hybridized carbons (Fsp3) is 0.529. The fourth-order valence-corrected chi connectivity index (χ4v) is 2.06. The van der Waals surface area contributed by atoms with Gasteiger partial charge < -0.3 is 9.47 Å². The monoisotopic (exact) mass is 292 g/mol. The van der Waals surface area contributed by atoms with Gasteiger partial charge in [-0.1, -0.05) is 31.0 Å². The molecule has 0 heterocycles. The molecule has 1 aromatic rings. The van der Waals surface area contributed by atoms with Crippen molar-refractivity contribution < 1.29 is 19.1 Å². The van der Waals surface area contributed by atoms with Crippen LogP contribution in [-0.2, 0) is 14.3 Å². The van der Waals surface area contributed by atoms with Crippen molar-refractivity contribution >= 4 is 11.8 Å². The fourth-order valence-electron chi connectivity index (χ4n) is 2.06. The van der Waals surface area contributed by atoms with Crippen LogP contribution in [0.4, 0.5) is 0 Å². The molecular formula is C17H24O4. The Hall–Kier alpha value is -1.84. The van der Waals surface area contributed by atoms with Gasteiger partial charge in [0.2, 0.25) is 0 Å². The van der Waals surface area contributed by atoms with Crippen molar-refractivity contribution in [2.24, 2.45) is 5.92 Å². The average molecular weight is 292 g/mol. The highest BCUT2D eigenvalue weighted by Gasteiger charge is 2.23. The smallest absolute Gasteiger partial charge is 0.316 e. The van der Waals surface area contributed by atoms with Gasteiger partial charge in [0, 0.05) is 0 Å². The van der Waals surface area contributed by atoms with Crippen LogP contribution in [0.25, 0.3) is 0 Å². The molecule has 0 aliphatic carbocycles. The van der Waals surface area contributed by atoms with Crippen LogP contribution >= 0.6 is 0 Å². The summed E-state index contributed by atoms with van der Waals surface area (Å²) < 4.78 is 10.5. The summed E-state index contributed by atoms with van der Waals surface area (Å²) in [5.41, 5.74) is 0. The van der Waals surface area contributed by atoms with E-state index in [0.717, 1.165) is 25.0 Å². The van der Waals surface area contributed by atoms with E-state index in [2.05, 4.69) is 0 Å². The van der Waals surface area contributed by atoms with E-state index < -0.39 is 11.9 Å². The first-order chi connectivity index (χ1) is 10.1. The van der Waals surface area contributed by atoms with Crippen molar-refractivity contribution in [3.05, 3.63) is 30.3 Å². The average Bonchev–Trinajstić information content (AvgIpc) is 2.47. The number of hydrogen-bond acceptors (Lipinski definition) is 4. The lowest BCUT2D eigenvalue weighted by molar-refractivity contribution is -0.151. The number of benzene rings is 1. The van der Waals surface area contributed by atoms with Crippen LogP contribution < -0.4 is 4.74 Å². The largest absolute Gasteiger partial charge is 0.494 e. The maximum absolute atomic E-state index is 11.6. The van der Waals surface area contributed by atoms with Crippen molar-refractivity contribution in [1.82, 2.24) is 0 Å². The molecule has 0 saturated heterocycles. The van der Waals surface area contributed by atoms with Gasteiger partial charge in [-0.25, -0.2) is 0 Å². The Kier molecular flexibility index (Phi) is 8.17. The standard InChI is InChI=1S/C17H24O4/c1-3-20-17(19)16(14(2)18)12-8-5-9-13-21-15-10-6-4-7-11-15/h4,6-7,10-11,16H,3,5,8-9,12-13H2,1-2H3. The molecule has 0 radical (unpaired) electrons. The predicted molar refractivity (Wildman–Crippen MR) is 81.2 cm³/mol. The first-order valence-electron chi connectivity index (χ1n) is 7.50. The topological polar surface area (TPSA) is 52.6 Å². The van der Waals surface area contributed by atoms with Gasteiger partial charge in [0.1, 0.15) is 17.5 Å². The van der Waals surface area contributed by atoms with Gasteiger partial charge in [0.15, 0.2) is 0 Å². The lowest BCUT2D eigenvalue weighted by Crippen LogP contribution is -2.24. The highest BCUT2D eigenvalue weighted by Crippen LogP contribution is 2.14. The minimum absolute atomic E-state index is 0.117. The third-order valence-corrected chi connectivity index (χ3v) is 3.21. The van der Waals surface area contributed by atoms with Crippen LogP contribution in [-0.4, -0.2) is 25.0 Å². The van der Waals surface area contributed by atoms with E-state index in [1.807, 2.05) is 30.3 Å². The predicted octanol–water partition coefficient (Wildman–Crippen LogP) is 3.39. The summed E-state index contributed by atoms with van der Waals surface area (Å²) >= 11 is 0. The molecule has 1 aromatic carbocycles. The molecule has 1 rings (SSSR count). The van der Waals surface area contributed by atoms with E-state index in [9.17, 15) is 9.59 Å². The number of hydrogen-bond donors (Lipinski definition) is 0. The van der Waals surface area contributed by atoms with Crippen LogP contribution in [0.15, 0.2) is 30.3 Å². The third-order valence-electron chi connectivity index (χ3n) is 3.21. The molecule has 1 atom stereocenters. The summed E-state index contributed by atoms with van der Waals surface area (Å²) in [5.74, 6) is -0.259. The van der Waals surface area contributed by atoms with Crippen LogP contribution in [0, 0.1) is 5.92 Å². The van der Waals surface area contributed by atoms with E-state index in [1.54, 1.807) is 6.92 Å². The van der Waals surface area contributed by atoms with Gasteiger partial charge in [-0.15, -0.1) is 0 Å². The van der Waals surface area contributed by atoms with E-state index in [1.165, 1.54) is 6.92 Å². The number of carbonyl (C=O) groups excluding carboxylic acids is 2. The van der Waals surface area contributed by atoms with Crippen molar-refractivity contribution in [3.63, 3.8) is 0 Å². The molecule has 0 N–H and O–H groups in total. The van der Waals surface area contributed by atoms with Crippen molar-refractivity contribution in [1.29, 1.82) is 0 Å². The third kappa shape index (κ3) is 6.93. The number of ketones is 1. The zero-order valence-electron chi connectivity index (χ0n) is 12.8. The normalized spacial score (nSPS) is 11.7. The summed E-state index contributed by atoms with van der Waals surface area (Å²) in [5, 5.41) is 0. The Labute approximate surface area is 126 Å². The molecule has 0 bridgehead atoms. The van der Waals surface area contributed by atoms with Crippen LogP contribution in [0.5, 0.6) is 5.75 Å². The molecule has 0 aliphatic heterocycles. The van der Waals surface area contributed by atoms with Gasteiger partial charge in [0.25, 0.3) is 0 Å². The maximum atomic E-state index is 11.6. The molecule has 4 heteroatoms. The lowest BCUT2D eigenvalue weighted by Gasteiger charge is -2.12. The Morgan fingerprint density at radius 2 is 1.81 bits per heavy atom. The quantitative estimate of drug-likeness (QED) is 0.377. The molecule has 0 aromatic heterocycles. The van der Waals surface area contributed by atoms with E-state index in [0.29, 0.717) is 19.6 Å². The SMILES string of the molecule is CCOC(=O)C(CCCCCOc1ccccc1)C(C)=O. The molecule has 4 nitrogen and oxygen atoms in total. The molecule has 116 valence electrons. The number of Topliss-reactive ketones (excluding diaryl/α,β-unsaturated/α-hetero) is 1. The molecule has 1 unspecified atom stereocenters. The highest BCUT2D eigenvalue weighted by atomic mass is 16.5. The van der Waals surface area contributed by atoms with Gasteiger partial charge in [-0.2, -0.15) is 0 Å². The Bertz CT molecular complexity index is 428. The number of unbranched alkanes of at least 4 members (excludes halogenated alkanes) is 2. The van der Waals surface area contributed by atoms with E-state index in [-0.39, 0.29) is 5.78 Å². The maximum Gasteiger partial charge on any atom is 0.316 e. The zero-order valence-corrected chi connectivity index (χ0v) is 12.8. The Morgan fingerprint density at radius 3 is 2.43 bits per heavy atom. The summed E-state index contributed by atoms with van der Waals surface area (Å²) in [4.78, 5) is 23.1. The van der Waals surface area contributed by atoms with Crippen molar-refractivity contribution in [2.75, 3.05) is 13.2 Å². The molecule has 0 saturated carbocycles. The Morgan fingerprint density at radius 1 is 1.10 bits per heavy atom. The van der Waals surface area contributed by atoms with Gasteiger partial charge in [-0.05, 0) is 38.8 Å². The number of esters is 1. The molecule has 0 aliphatic rings. The lowest BCUT2D eigenvalue weighted by atomic mass is 9.98. The van der Waals surface area contributed by atoms with Gasteiger partial charge in [0.05, 0.1) is 13.2 Å². The highest BCUT2D eigenvalue weighted by molar-refractivity contribution is 5.97. The summed E-state index contributed by atoms with van der Waals surface area (Å²) in [7, 11) is 0. The second-order valence-corrected chi connectivity index (χ2v) is 4.93. The first-order valence-corrected chi connectivity index (χ1v) is 7.50. The first kappa shape index (κ1) is 17.2. The summed E-state index contributed by atoms with van der Waals surface area (Å²) in [6.07, 6.45) is 3.21. The van der Waals surface area contributed by atoms with Crippen molar-refractivity contribution in [2.45, 2.75) is 39.5 Å². The van der Waals surface area contributed by atoms with E-state index in [4.69, 9.17) is 9.47 Å². The summed E-state index contributed by atoms with van der Waals surface area (Å²) in [6, 6.07) is 9.67. The molecule has 0 fully saturated rings. The number of carbonyl (C=O) groups is 2. The number of ether oxygens (including phenoxy) is 2. The van der Waals surface area contributed by atoms with E-state index >= 15 is 0 Å². The number of rotatable bonds is 10. The minimum atomic E-state index is -0.611.